The Kier molecular flexibility index (Phi) is 9.73. The summed E-state index contributed by atoms with van der Waals surface area (Å²) in [4.78, 5) is 27.5. The predicted molar refractivity (Wildman–Crippen MR) is 195 cm³/mol. The number of ether oxygens (including phenoxy) is 6. The fourth-order valence-corrected chi connectivity index (χ4v) is 8.22. The molecule has 4 heterocycles. The molecule has 6 bridgehead atoms. The highest BCUT2D eigenvalue weighted by atomic mass is 16.6. The Morgan fingerprint density at radius 3 is 2.21 bits per heavy atom. The van der Waals surface area contributed by atoms with Crippen molar-refractivity contribution in [1.29, 1.82) is 0 Å². The van der Waals surface area contributed by atoms with Gasteiger partial charge in [-0.15, -0.1) is 0 Å². The van der Waals surface area contributed by atoms with Gasteiger partial charge in [-0.2, -0.15) is 0 Å². The van der Waals surface area contributed by atoms with Crippen molar-refractivity contribution in [3.05, 3.63) is 94.0 Å². The van der Waals surface area contributed by atoms with Crippen molar-refractivity contribution < 1.29 is 47.6 Å². The summed E-state index contributed by atoms with van der Waals surface area (Å²) >= 11 is 0. The van der Waals surface area contributed by atoms with E-state index >= 15 is 0 Å². The van der Waals surface area contributed by atoms with Crippen LogP contribution in [0.5, 0.6) is 46.0 Å². The van der Waals surface area contributed by atoms with Gasteiger partial charge in [-0.05, 0) is 91.5 Å². The van der Waals surface area contributed by atoms with Gasteiger partial charge in [0, 0.05) is 43.5 Å². The van der Waals surface area contributed by atoms with Crippen molar-refractivity contribution in [1.82, 2.24) is 4.90 Å². The Bertz CT molecular complexity index is 2060. The SMILES string of the molecule is COc1ccc2cc1Oc1ccc(cc1)CC1c3cc(c(OC)cc3CC[N+]1(C)C(C)C(=O)[O-])Oc1c(OC(C)=O)c(OC)cc3c1C(C2)N(C)CC3. The topological polar surface area (TPSA) is 116 Å². The lowest BCUT2D eigenvalue weighted by Gasteiger charge is -2.50. The first-order chi connectivity index (χ1) is 25.4. The van der Waals surface area contributed by atoms with E-state index in [-0.39, 0.29) is 22.3 Å². The third kappa shape index (κ3) is 6.64. The Morgan fingerprint density at radius 1 is 0.849 bits per heavy atom. The molecule has 4 unspecified atom stereocenters. The predicted octanol–water partition coefficient (Wildman–Crippen LogP) is 5.73. The molecule has 4 aromatic carbocycles. The third-order valence-corrected chi connectivity index (χ3v) is 11.4. The van der Waals surface area contributed by atoms with Crippen LogP contribution >= 0.6 is 0 Å². The summed E-state index contributed by atoms with van der Waals surface area (Å²) in [5, 5.41) is 12.5. The lowest BCUT2D eigenvalue weighted by atomic mass is 9.85. The fourth-order valence-electron chi connectivity index (χ4n) is 8.22. The van der Waals surface area contributed by atoms with E-state index < -0.39 is 18.0 Å². The molecule has 11 nitrogen and oxygen atoms in total. The van der Waals surface area contributed by atoms with E-state index in [4.69, 9.17) is 28.4 Å². The van der Waals surface area contributed by atoms with Crippen LogP contribution in [0.2, 0.25) is 0 Å². The van der Waals surface area contributed by atoms with E-state index in [1.807, 2.05) is 67.7 Å². The van der Waals surface area contributed by atoms with E-state index in [9.17, 15) is 14.7 Å². The molecule has 0 radical (unpaired) electrons. The molecule has 0 N–H and O–H groups in total. The van der Waals surface area contributed by atoms with Crippen LogP contribution in [0, 0.1) is 0 Å². The molecular weight excluding hydrogens is 676 g/mol. The standard InChI is InChI=1S/C42H46N2O9/c1-24(42(46)47)44(4)17-15-28-21-35(49-6)37-23-31(28)33(44)19-26-8-11-30(12-9-26)52-36-20-27(10-13-34(36)48-5)18-32-39-29(14-16-43(32)3)22-38(50-7)40(41(39)53-37)51-25(2)45/h8-13,20-24,32-33H,14-19H2,1-7H3. The molecule has 278 valence electrons. The smallest absolute Gasteiger partial charge is 0.308 e. The second-order valence-corrected chi connectivity index (χ2v) is 14.4. The molecule has 4 aliphatic rings. The van der Waals surface area contributed by atoms with Crippen LogP contribution < -0.4 is 33.5 Å². The Labute approximate surface area is 310 Å². The van der Waals surface area contributed by atoms with Gasteiger partial charge in [0.25, 0.3) is 0 Å². The van der Waals surface area contributed by atoms with Crippen LogP contribution in [0.25, 0.3) is 0 Å². The van der Waals surface area contributed by atoms with Crippen LogP contribution in [0.3, 0.4) is 0 Å². The zero-order valence-electron chi connectivity index (χ0n) is 31.3. The highest BCUT2D eigenvalue weighted by Crippen LogP contribution is 2.52. The number of carbonyl (C=O) groups is 2. The summed E-state index contributed by atoms with van der Waals surface area (Å²) in [7, 11) is 8.82. The maximum Gasteiger partial charge on any atom is 0.308 e. The number of likely N-dealkylation sites (N-methyl/N-ethyl adjacent to an activating group) is 2. The largest absolute Gasteiger partial charge is 0.544 e. The average molecular weight is 723 g/mol. The normalized spacial score (nSPS) is 21.1. The van der Waals surface area contributed by atoms with Crippen molar-refractivity contribution in [2.24, 2.45) is 0 Å². The van der Waals surface area contributed by atoms with Gasteiger partial charge in [0.1, 0.15) is 17.8 Å². The third-order valence-electron chi connectivity index (χ3n) is 11.4. The van der Waals surface area contributed by atoms with Gasteiger partial charge in [-0.25, -0.2) is 0 Å². The highest BCUT2D eigenvalue weighted by molar-refractivity contribution is 5.74. The van der Waals surface area contributed by atoms with Crippen molar-refractivity contribution in [2.45, 2.75) is 57.7 Å². The summed E-state index contributed by atoms with van der Waals surface area (Å²) in [5.41, 5.74) is 5.89. The van der Waals surface area contributed by atoms with Crippen LogP contribution in [0.4, 0.5) is 0 Å². The molecule has 0 spiro atoms. The molecule has 0 fully saturated rings. The Balaban J connectivity index is 1.51. The fraction of sp³-hybridized carbons (Fsp3) is 0.381. The van der Waals surface area contributed by atoms with Crippen LogP contribution in [-0.4, -0.2) is 75.9 Å². The average Bonchev–Trinajstić information content (AvgIpc) is 3.14. The van der Waals surface area contributed by atoms with Crippen LogP contribution in [-0.2, 0) is 35.3 Å². The Morgan fingerprint density at radius 2 is 1.53 bits per heavy atom. The number of carboxylic acid groups (broad SMARTS) is 1. The summed E-state index contributed by atoms with van der Waals surface area (Å²) < 4.78 is 37.1. The molecule has 0 amide bonds. The van der Waals surface area contributed by atoms with Crippen LogP contribution in [0.1, 0.15) is 59.3 Å². The van der Waals surface area contributed by atoms with Crippen LogP contribution in [0.15, 0.2) is 60.7 Å². The minimum atomic E-state index is -1.11. The molecule has 0 aromatic heterocycles. The van der Waals surface area contributed by atoms with Gasteiger partial charge >= 0.3 is 5.97 Å². The molecule has 4 atom stereocenters. The number of nitrogens with zero attached hydrogens (tertiary/aromatic N) is 2. The van der Waals surface area contributed by atoms with Crippen molar-refractivity contribution >= 4 is 11.9 Å². The van der Waals surface area contributed by atoms with E-state index in [1.165, 1.54) is 6.92 Å². The second kappa shape index (κ2) is 14.3. The number of hydrogen-bond acceptors (Lipinski definition) is 10. The summed E-state index contributed by atoms with van der Waals surface area (Å²) in [6.45, 7) is 4.43. The van der Waals surface area contributed by atoms with Gasteiger partial charge in [-0.1, -0.05) is 18.2 Å². The summed E-state index contributed by atoms with van der Waals surface area (Å²) in [5.74, 6) is 2.03. The quantitative estimate of drug-likeness (QED) is 0.139. The molecule has 0 aliphatic carbocycles. The molecule has 0 saturated carbocycles. The number of carbonyl (C=O) groups excluding carboxylic acids is 2. The minimum absolute atomic E-state index is 0.175. The number of rotatable bonds is 6. The van der Waals surface area contributed by atoms with Crippen molar-refractivity contribution in [3.8, 4) is 46.0 Å². The van der Waals surface area contributed by atoms with Gasteiger partial charge in [0.15, 0.2) is 34.5 Å². The number of benzene rings is 4. The number of aliphatic carboxylic acids is 1. The van der Waals surface area contributed by atoms with Gasteiger partial charge < -0.3 is 42.8 Å². The Hall–Kier alpha value is -5.26. The highest BCUT2D eigenvalue weighted by Gasteiger charge is 2.44. The summed E-state index contributed by atoms with van der Waals surface area (Å²) in [6, 6.07) is 18.5. The molecule has 4 aliphatic heterocycles. The zero-order valence-corrected chi connectivity index (χ0v) is 31.3. The van der Waals surface area contributed by atoms with Crippen molar-refractivity contribution in [3.63, 3.8) is 0 Å². The number of hydrogen-bond donors (Lipinski definition) is 0. The molecular formula is C42H46N2O9. The van der Waals surface area contributed by atoms with E-state index in [2.05, 4.69) is 11.9 Å². The maximum absolute atomic E-state index is 12.7. The van der Waals surface area contributed by atoms with Gasteiger partial charge in [-0.3, -0.25) is 9.69 Å². The molecule has 8 rings (SSSR count). The monoisotopic (exact) mass is 722 g/mol. The zero-order chi connectivity index (χ0) is 37.6. The van der Waals surface area contributed by atoms with Gasteiger partial charge in [0.2, 0.25) is 5.75 Å². The number of fused-ring (bicyclic) bond motifs is 2. The molecule has 4 aromatic rings. The van der Waals surface area contributed by atoms with E-state index in [0.717, 1.165) is 39.9 Å². The first kappa shape index (κ1) is 36.1. The molecule has 53 heavy (non-hydrogen) atoms. The molecule has 11 heteroatoms. The van der Waals surface area contributed by atoms with E-state index in [0.29, 0.717) is 72.5 Å². The first-order valence-corrected chi connectivity index (χ1v) is 17.9. The lowest BCUT2D eigenvalue weighted by Crippen LogP contribution is -2.62. The lowest BCUT2D eigenvalue weighted by molar-refractivity contribution is -0.956. The number of esters is 1. The number of methoxy groups -OCH3 is 3. The maximum atomic E-state index is 12.7. The van der Waals surface area contributed by atoms with E-state index in [1.54, 1.807) is 28.3 Å². The summed E-state index contributed by atoms with van der Waals surface area (Å²) in [6.07, 6.45) is 2.45. The first-order valence-electron chi connectivity index (χ1n) is 17.9. The molecule has 0 saturated heterocycles. The number of quaternary nitrogens is 1. The minimum Gasteiger partial charge on any atom is -0.544 e. The second-order valence-electron chi connectivity index (χ2n) is 14.4. The number of carboxylic acids is 1. The van der Waals surface area contributed by atoms with Gasteiger partial charge in [0.05, 0.1) is 40.9 Å². The van der Waals surface area contributed by atoms with Crippen molar-refractivity contribution in [2.75, 3.05) is 48.5 Å².